The summed E-state index contributed by atoms with van der Waals surface area (Å²) in [6, 6.07) is 18.5. The number of allylic oxidation sites excluding steroid dienone is 2. The van der Waals surface area contributed by atoms with Gasteiger partial charge in [0, 0.05) is 25.8 Å². The monoisotopic (exact) mass is 364 g/mol. The smallest absolute Gasteiger partial charge is 0.267 e. The fourth-order valence-electron chi connectivity index (χ4n) is 2.29. The standard InChI is InChI=1S/C22H24N2O3/c1-27-17-9-16-23-22(26)20(15-8-12-18-10-4-2-5-11-18)24-21(25)19-13-6-3-7-14-19/h2-8,10-15H,9,16-17H2,1H3,(H,23,26)(H,24,25)/b12-8-,20-15+. The largest absolute Gasteiger partial charge is 0.385 e. The number of carbonyl (C=O) groups is 2. The van der Waals surface area contributed by atoms with Crippen molar-refractivity contribution in [3.8, 4) is 0 Å². The number of amides is 2. The Morgan fingerprint density at radius 3 is 2.33 bits per heavy atom. The Bertz CT molecular complexity index is 784. The van der Waals surface area contributed by atoms with Crippen LogP contribution in [0.4, 0.5) is 0 Å². The van der Waals surface area contributed by atoms with Gasteiger partial charge in [-0.1, -0.05) is 60.7 Å². The van der Waals surface area contributed by atoms with Crippen molar-refractivity contribution in [3.05, 3.63) is 89.6 Å². The van der Waals surface area contributed by atoms with Gasteiger partial charge >= 0.3 is 0 Å². The van der Waals surface area contributed by atoms with Crippen LogP contribution in [0.25, 0.3) is 6.08 Å². The van der Waals surface area contributed by atoms with Gasteiger partial charge in [0.15, 0.2) is 0 Å². The molecule has 2 aromatic rings. The molecule has 0 aliphatic rings. The number of rotatable bonds is 9. The Kier molecular flexibility index (Phi) is 8.53. The number of hydrogen-bond acceptors (Lipinski definition) is 3. The van der Waals surface area contributed by atoms with E-state index >= 15 is 0 Å². The zero-order valence-corrected chi connectivity index (χ0v) is 15.4. The second-order valence-electron chi connectivity index (χ2n) is 5.77. The van der Waals surface area contributed by atoms with E-state index in [2.05, 4.69) is 10.6 Å². The first-order chi connectivity index (χ1) is 13.2. The highest BCUT2D eigenvalue weighted by Gasteiger charge is 2.13. The summed E-state index contributed by atoms with van der Waals surface area (Å²) < 4.78 is 4.97. The molecule has 0 atom stereocenters. The molecule has 0 aromatic heterocycles. The predicted molar refractivity (Wildman–Crippen MR) is 107 cm³/mol. The Balaban J connectivity index is 2.09. The maximum atomic E-state index is 12.4. The number of carbonyl (C=O) groups excluding carboxylic acids is 2. The van der Waals surface area contributed by atoms with Gasteiger partial charge in [-0.25, -0.2) is 0 Å². The summed E-state index contributed by atoms with van der Waals surface area (Å²) in [5, 5.41) is 5.48. The summed E-state index contributed by atoms with van der Waals surface area (Å²) >= 11 is 0. The SMILES string of the molecule is COCCCNC(=O)/C(=C\C=C/c1ccccc1)NC(=O)c1ccccc1. The summed E-state index contributed by atoms with van der Waals surface area (Å²) in [5.74, 6) is -0.671. The number of ether oxygens (including phenoxy) is 1. The predicted octanol–water partition coefficient (Wildman–Crippen LogP) is 3.17. The zero-order valence-electron chi connectivity index (χ0n) is 15.4. The van der Waals surface area contributed by atoms with E-state index in [-0.39, 0.29) is 17.5 Å². The van der Waals surface area contributed by atoms with Crippen LogP contribution in [0.1, 0.15) is 22.3 Å². The van der Waals surface area contributed by atoms with Crippen LogP contribution in [0.3, 0.4) is 0 Å². The molecule has 0 bridgehead atoms. The fraction of sp³-hybridized carbons (Fsp3) is 0.182. The van der Waals surface area contributed by atoms with Crippen LogP contribution < -0.4 is 10.6 Å². The third-order valence-electron chi connectivity index (χ3n) is 3.69. The van der Waals surface area contributed by atoms with E-state index in [1.165, 1.54) is 0 Å². The zero-order chi connectivity index (χ0) is 19.3. The van der Waals surface area contributed by atoms with E-state index in [0.717, 1.165) is 5.56 Å². The molecule has 2 N–H and O–H groups in total. The molecule has 0 aliphatic heterocycles. The Morgan fingerprint density at radius 1 is 1.00 bits per heavy atom. The van der Waals surface area contributed by atoms with E-state index < -0.39 is 0 Å². The van der Waals surface area contributed by atoms with Crippen LogP contribution >= 0.6 is 0 Å². The van der Waals surface area contributed by atoms with Crippen LogP contribution in [0, 0.1) is 0 Å². The summed E-state index contributed by atoms with van der Waals surface area (Å²) in [4.78, 5) is 24.8. The second kappa shape index (κ2) is 11.4. The van der Waals surface area contributed by atoms with Gasteiger partial charge in [-0.05, 0) is 30.2 Å². The maximum absolute atomic E-state index is 12.4. The van der Waals surface area contributed by atoms with Crippen molar-refractivity contribution in [2.24, 2.45) is 0 Å². The van der Waals surface area contributed by atoms with Crippen molar-refractivity contribution in [2.45, 2.75) is 6.42 Å². The molecule has 27 heavy (non-hydrogen) atoms. The van der Waals surface area contributed by atoms with Crippen molar-refractivity contribution in [3.63, 3.8) is 0 Å². The molecule has 5 nitrogen and oxygen atoms in total. The second-order valence-corrected chi connectivity index (χ2v) is 5.77. The Hall–Kier alpha value is -3.18. The maximum Gasteiger partial charge on any atom is 0.267 e. The molecule has 0 spiro atoms. The first kappa shape index (κ1) is 20.1. The highest BCUT2D eigenvalue weighted by Crippen LogP contribution is 2.04. The minimum absolute atomic E-state index is 0.188. The van der Waals surface area contributed by atoms with E-state index in [1.54, 1.807) is 43.5 Å². The highest BCUT2D eigenvalue weighted by atomic mass is 16.5. The van der Waals surface area contributed by atoms with Crippen LogP contribution in [0.5, 0.6) is 0 Å². The molecule has 0 aliphatic carbocycles. The number of hydrogen-bond donors (Lipinski definition) is 2. The minimum Gasteiger partial charge on any atom is -0.385 e. The van der Waals surface area contributed by atoms with Gasteiger partial charge in [-0.2, -0.15) is 0 Å². The average Bonchev–Trinajstić information content (AvgIpc) is 2.71. The molecule has 140 valence electrons. The molecule has 5 heteroatoms. The lowest BCUT2D eigenvalue weighted by atomic mass is 10.2. The van der Waals surface area contributed by atoms with E-state index in [9.17, 15) is 9.59 Å². The number of methoxy groups -OCH3 is 1. The van der Waals surface area contributed by atoms with Gasteiger partial charge in [0.25, 0.3) is 11.8 Å². The molecular weight excluding hydrogens is 340 g/mol. The summed E-state index contributed by atoms with van der Waals surface area (Å²) in [6.07, 6.45) is 5.90. The molecule has 0 radical (unpaired) electrons. The van der Waals surface area contributed by atoms with Crippen molar-refractivity contribution < 1.29 is 14.3 Å². The average molecular weight is 364 g/mol. The lowest BCUT2D eigenvalue weighted by molar-refractivity contribution is -0.117. The van der Waals surface area contributed by atoms with Gasteiger partial charge in [0.2, 0.25) is 0 Å². The normalized spacial score (nSPS) is 11.4. The van der Waals surface area contributed by atoms with Crippen molar-refractivity contribution in [1.82, 2.24) is 10.6 Å². The topological polar surface area (TPSA) is 67.4 Å². The molecule has 0 heterocycles. The van der Waals surface area contributed by atoms with Crippen LogP contribution in [0.2, 0.25) is 0 Å². The molecule has 0 saturated heterocycles. The molecule has 2 aromatic carbocycles. The first-order valence-electron chi connectivity index (χ1n) is 8.77. The third kappa shape index (κ3) is 7.30. The Morgan fingerprint density at radius 2 is 1.67 bits per heavy atom. The van der Waals surface area contributed by atoms with E-state index in [1.807, 2.05) is 42.5 Å². The summed E-state index contributed by atoms with van der Waals surface area (Å²) in [6.45, 7) is 1.03. The van der Waals surface area contributed by atoms with Gasteiger partial charge in [-0.3, -0.25) is 9.59 Å². The Labute approximate surface area is 159 Å². The highest BCUT2D eigenvalue weighted by molar-refractivity contribution is 6.03. The van der Waals surface area contributed by atoms with Gasteiger partial charge in [0.05, 0.1) is 0 Å². The van der Waals surface area contributed by atoms with E-state index in [0.29, 0.717) is 25.1 Å². The van der Waals surface area contributed by atoms with Gasteiger partial charge in [0.1, 0.15) is 5.70 Å². The molecule has 2 rings (SSSR count). The summed E-state index contributed by atoms with van der Waals surface area (Å²) in [5.41, 5.74) is 1.68. The first-order valence-corrected chi connectivity index (χ1v) is 8.77. The van der Waals surface area contributed by atoms with Gasteiger partial charge in [-0.15, -0.1) is 0 Å². The number of nitrogens with one attached hydrogen (secondary N) is 2. The lowest BCUT2D eigenvalue weighted by Gasteiger charge is -2.10. The molecule has 0 saturated carbocycles. The molecule has 2 amide bonds. The molecule has 0 unspecified atom stereocenters. The van der Waals surface area contributed by atoms with Crippen LogP contribution in [-0.2, 0) is 9.53 Å². The number of benzene rings is 2. The van der Waals surface area contributed by atoms with E-state index in [4.69, 9.17) is 4.74 Å². The minimum atomic E-state index is -0.340. The molecular formula is C22H24N2O3. The quantitative estimate of drug-likeness (QED) is 0.408. The van der Waals surface area contributed by atoms with Crippen molar-refractivity contribution in [1.29, 1.82) is 0 Å². The van der Waals surface area contributed by atoms with Crippen LogP contribution in [-0.4, -0.2) is 32.1 Å². The van der Waals surface area contributed by atoms with Gasteiger partial charge < -0.3 is 15.4 Å². The third-order valence-corrected chi connectivity index (χ3v) is 3.69. The lowest BCUT2D eigenvalue weighted by Crippen LogP contribution is -2.35. The fourth-order valence-corrected chi connectivity index (χ4v) is 2.29. The van der Waals surface area contributed by atoms with Crippen molar-refractivity contribution in [2.75, 3.05) is 20.3 Å². The summed E-state index contributed by atoms with van der Waals surface area (Å²) in [7, 11) is 1.61. The molecule has 0 fully saturated rings. The van der Waals surface area contributed by atoms with Crippen LogP contribution in [0.15, 0.2) is 78.5 Å². The van der Waals surface area contributed by atoms with Crippen molar-refractivity contribution >= 4 is 17.9 Å².